The first-order valence-electron chi connectivity index (χ1n) is 6.42. The van der Waals surface area contributed by atoms with E-state index in [9.17, 15) is 0 Å². The second-order valence-electron chi connectivity index (χ2n) is 4.37. The van der Waals surface area contributed by atoms with Crippen molar-refractivity contribution in [2.45, 2.75) is 6.54 Å². The van der Waals surface area contributed by atoms with E-state index in [2.05, 4.69) is 44.5 Å². The average Bonchev–Trinajstić information content (AvgIpc) is 2.55. The normalized spacial score (nSPS) is 10.2. The van der Waals surface area contributed by atoms with Gasteiger partial charge in [-0.25, -0.2) is 9.97 Å². The van der Waals surface area contributed by atoms with Crippen LogP contribution < -0.4 is 5.32 Å². The maximum absolute atomic E-state index is 4.15. The van der Waals surface area contributed by atoms with Gasteiger partial charge in [0, 0.05) is 31.3 Å². The summed E-state index contributed by atoms with van der Waals surface area (Å²) in [6.07, 6.45) is 7.09. The third-order valence-electron chi connectivity index (χ3n) is 2.94. The molecule has 0 aliphatic rings. The van der Waals surface area contributed by atoms with Crippen molar-refractivity contribution in [2.24, 2.45) is 0 Å². The lowest BCUT2D eigenvalue weighted by Crippen LogP contribution is -2.02. The van der Waals surface area contributed by atoms with Gasteiger partial charge in [0.15, 0.2) is 0 Å². The predicted molar refractivity (Wildman–Crippen MR) is 79.0 cm³/mol. The van der Waals surface area contributed by atoms with Crippen LogP contribution in [0.4, 0.5) is 5.95 Å². The molecule has 0 bridgehead atoms. The topological polar surface area (TPSA) is 50.7 Å². The van der Waals surface area contributed by atoms with Gasteiger partial charge in [0.2, 0.25) is 5.95 Å². The van der Waals surface area contributed by atoms with E-state index in [0.717, 1.165) is 11.1 Å². The maximum atomic E-state index is 4.15. The lowest BCUT2D eigenvalue weighted by atomic mass is 10.0. The highest BCUT2D eigenvalue weighted by Crippen LogP contribution is 2.19. The van der Waals surface area contributed by atoms with Crippen LogP contribution in [0.15, 0.2) is 67.3 Å². The Morgan fingerprint density at radius 3 is 2.50 bits per heavy atom. The first-order chi connectivity index (χ1) is 9.92. The van der Waals surface area contributed by atoms with E-state index in [-0.39, 0.29) is 0 Å². The second-order valence-corrected chi connectivity index (χ2v) is 4.37. The molecule has 98 valence electrons. The molecule has 0 spiro atoms. The van der Waals surface area contributed by atoms with Gasteiger partial charge in [-0.05, 0) is 34.9 Å². The summed E-state index contributed by atoms with van der Waals surface area (Å²) in [5.74, 6) is 0.638. The van der Waals surface area contributed by atoms with Crippen LogP contribution in [0.5, 0.6) is 0 Å². The van der Waals surface area contributed by atoms with E-state index in [4.69, 9.17) is 0 Å². The Kier molecular flexibility index (Phi) is 3.64. The molecule has 0 unspecified atom stereocenters. The molecule has 0 aliphatic carbocycles. The molecule has 0 saturated heterocycles. The second kappa shape index (κ2) is 5.93. The van der Waals surface area contributed by atoms with Crippen LogP contribution in [0, 0.1) is 0 Å². The fraction of sp³-hybridized carbons (Fsp3) is 0.0625. The molecule has 0 fully saturated rings. The standard InChI is InChI=1S/C16H14N4/c1-4-13(11-20-16-18-8-3-9-19-16)10-14(5-1)15-6-2-7-17-12-15/h1-10,12H,11H2,(H,18,19,20). The summed E-state index contributed by atoms with van der Waals surface area (Å²) in [7, 11) is 0. The van der Waals surface area contributed by atoms with Gasteiger partial charge in [-0.2, -0.15) is 0 Å². The summed E-state index contributed by atoms with van der Waals surface area (Å²) in [5, 5.41) is 3.20. The van der Waals surface area contributed by atoms with Crippen molar-refractivity contribution < 1.29 is 0 Å². The van der Waals surface area contributed by atoms with Gasteiger partial charge in [0.25, 0.3) is 0 Å². The molecule has 2 heterocycles. The van der Waals surface area contributed by atoms with Crippen LogP contribution in [0.1, 0.15) is 5.56 Å². The zero-order valence-corrected chi connectivity index (χ0v) is 10.9. The molecule has 0 aliphatic heterocycles. The molecular formula is C16H14N4. The van der Waals surface area contributed by atoms with Gasteiger partial charge in [0.05, 0.1) is 0 Å². The van der Waals surface area contributed by atoms with E-state index in [1.807, 2.05) is 18.3 Å². The summed E-state index contributed by atoms with van der Waals surface area (Å²) < 4.78 is 0. The van der Waals surface area contributed by atoms with Gasteiger partial charge in [-0.15, -0.1) is 0 Å². The molecule has 1 aromatic carbocycles. The van der Waals surface area contributed by atoms with Gasteiger partial charge in [-0.1, -0.05) is 24.3 Å². The van der Waals surface area contributed by atoms with Gasteiger partial charge in [-0.3, -0.25) is 4.98 Å². The Labute approximate surface area is 117 Å². The molecule has 3 rings (SSSR count). The summed E-state index contributed by atoms with van der Waals surface area (Å²) in [6.45, 7) is 0.693. The summed E-state index contributed by atoms with van der Waals surface area (Å²) in [6, 6.07) is 14.2. The van der Waals surface area contributed by atoms with Crippen LogP contribution in [-0.2, 0) is 6.54 Å². The van der Waals surface area contributed by atoms with Crippen molar-refractivity contribution in [1.82, 2.24) is 15.0 Å². The molecule has 4 nitrogen and oxygen atoms in total. The van der Waals surface area contributed by atoms with Gasteiger partial charge in [0.1, 0.15) is 0 Å². The Hall–Kier alpha value is -2.75. The minimum absolute atomic E-state index is 0.638. The van der Waals surface area contributed by atoms with Crippen LogP contribution in [0.2, 0.25) is 0 Å². The Balaban J connectivity index is 1.75. The van der Waals surface area contributed by atoms with Gasteiger partial charge < -0.3 is 5.32 Å². The number of pyridine rings is 1. The quantitative estimate of drug-likeness (QED) is 0.784. The lowest BCUT2D eigenvalue weighted by molar-refractivity contribution is 1.05. The highest BCUT2D eigenvalue weighted by atomic mass is 15.1. The molecule has 4 heteroatoms. The molecule has 1 N–H and O–H groups in total. The number of aromatic nitrogens is 3. The zero-order valence-electron chi connectivity index (χ0n) is 10.9. The first-order valence-corrected chi connectivity index (χ1v) is 6.42. The third kappa shape index (κ3) is 2.98. The van der Waals surface area contributed by atoms with E-state index in [1.54, 1.807) is 24.7 Å². The van der Waals surface area contributed by atoms with Crippen LogP contribution >= 0.6 is 0 Å². The minimum Gasteiger partial charge on any atom is -0.350 e. The zero-order chi connectivity index (χ0) is 13.6. The third-order valence-corrected chi connectivity index (χ3v) is 2.94. The summed E-state index contributed by atoms with van der Waals surface area (Å²) >= 11 is 0. The number of nitrogens with one attached hydrogen (secondary N) is 1. The van der Waals surface area contributed by atoms with Crippen molar-refractivity contribution in [1.29, 1.82) is 0 Å². The minimum atomic E-state index is 0.638. The molecule has 0 saturated carbocycles. The smallest absolute Gasteiger partial charge is 0.222 e. The summed E-state index contributed by atoms with van der Waals surface area (Å²) in [5.41, 5.74) is 3.45. The van der Waals surface area contributed by atoms with E-state index >= 15 is 0 Å². The maximum Gasteiger partial charge on any atom is 0.222 e. The Morgan fingerprint density at radius 2 is 1.70 bits per heavy atom. The van der Waals surface area contributed by atoms with Crippen molar-refractivity contribution in [2.75, 3.05) is 5.32 Å². The molecule has 2 aromatic heterocycles. The van der Waals surface area contributed by atoms with Crippen molar-refractivity contribution in [3.05, 3.63) is 72.8 Å². The molecule has 0 radical (unpaired) electrons. The van der Waals surface area contributed by atoms with E-state index in [0.29, 0.717) is 12.5 Å². The number of benzene rings is 1. The van der Waals surface area contributed by atoms with Crippen LogP contribution in [0.3, 0.4) is 0 Å². The number of hydrogen-bond acceptors (Lipinski definition) is 4. The highest BCUT2D eigenvalue weighted by molar-refractivity contribution is 5.63. The summed E-state index contributed by atoms with van der Waals surface area (Å²) in [4.78, 5) is 12.4. The molecular weight excluding hydrogens is 248 g/mol. The van der Waals surface area contributed by atoms with Crippen LogP contribution in [-0.4, -0.2) is 15.0 Å². The Bertz CT molecular complexity index is 668. The van der Waals surface area contributed by atoms with Gasteiger partial charge >= 0.3 is 0 Å². The largest absolute Gasteiger partial charge is 0.350 e. The molecule has 0 amide bonds. The molecule has 3 aromatic rings. The monoisotopic (exact) mass is 262 g/mol. The van der Waals surface area contributed by atoms with E-state index in [1.165, 1.54) is 5.56 Å². The van der Waals surface area contributed by atoms with Crippen molar-refractivity contribution in [3.8, 4) is 11.1 Å². The lowest BCUT2D eigenvalue weighted by Gasteiger charge is -2.07. The number of rotatable bonds is 4. The molecule has 0 atom stereocenters. The van der Waals surface area contributed by atoms with Crippen molar-refractivity contribution in [3.63, 3.8) is 0 Å². The molecule has 20 heavy (non-hydrogen) atoms. The fourth-order valence-corrected chi connectivity index (χ4v) is 1.97. The first kappa shape index (κ1) is 12.3. The average molecular weight is 262 g/mol. The highest BCUT2D eigenvalue weighted by Gasteiger charge is 2.00. The predicted octanol–water partition coefficient (Wildman–Crippen LogP) is 3.15. The van der Waals surface area contributed by atoms with Crippen molar-refractivity contribution >= 4 is 5.95 Å². The number of nitrogens with zero attached hydrogens (tertiary/aromatic N) is 3. The van der Waals surface area contributed by atoms with Crippen LogP contribution in [0.25, 0.3) is 11.1 Å². The number of anilines is 1. The fourth-order valence-electron chi connectivity index (χ4n) is 1.97. The van der Waals surface area contributed by atoms with E-state index < -0.39 is 0 Å². The SMILES string of the molecule is c1cnc(NCc2cccc(-c3cccnc3)c2)nc1. The number of hydrogen-bond donors (Lipinski definition) is 1. The Morgan fingerprint density at radius 1 is 0.850 bits per heavy atom.